The second kappa shape index (κ2) is 9.39. The highest BCUT2D eigenvalue weighted by molar-refractivity contribution is 5.94. The van der Waals surface area contributed by atoms with Crippen LogP contribution in [0.25, 0.3) is 0 Å². The molecule has 1 saturated carbocycles. The predicted octanol–water partition coefficient (Wildman–Crippen LogP) is 2.50. The van der Waals surface area contributed by atoms with Crippen molar-refractivity contribution in [2.75, 3.05) is 30.4 Å². The summed E-state index contributed by atoms with van der Waals surface area (Å²) in [6.07, 6.45) is 7.46. The Balaban J connectivity index is 1.63. The SMILES string of the molecule is Cc1c(C#N)c(NC(=O)COC(=O)CN(C)c2ncccn2)n(C2CCCC2)c1C. The van der Waals surface area contributed by atoms with E-state index in [4.69, 9.17) is 4.74 Å². The Kier molecular flexibility index (Phi) is 6.67. The first-order valence-electron chi connectivity index (χ1n) is 9.97. The predicted molar refractivity (Wildman–Crippen MR) is 111 cm³/mol. The largest absolute Gasteiger partial charge is 0.454 e. The number of nitrogens with zero attached hydrogens (tertiary/aromatic N) is 5. The van der Waals surface area contributed by atoms with Gasteiger partial charge in [0.25, 0.3) is 5.91 Å². The zero-order valence-electron chi connectivity index (χ0n) is 17.5. The van der Waals surface area contributed by atoms with Crippen molar-refractivity contribution in [3.05, 3.63) is 35.3 Å². The van der Waals surface area contributed by atoms with Crippen molar-refractivity contribution in [1.82, 2.24) is 14.5 Å². The van der Waals surface area contributed by atoms with Gasteiger partial charge < -0.3 is 19.5 Å². The number of carbonyl (C=O) groups is 2. The van der Waals surface area contributed by atoms with Crippen LogP contribution in [0.15, 0.2) is 18.5 Å². The molecule has 0 spiro atoms. The maximum absolute atomic E-state index is 12.5. The summed E-state index contributed by atoms with van der Waals surface area (Å²) in [6, 6.07) is 4.15. The lowest BCUT2D eigenvalue weighted by atomic mass is 10.2. The van der Waals surface area contributed by atoms with E-state index in [2.05, 4.69) is 25.9 Å². The second-order valence-electron chi connectivity index (χ2n) is 7.47. The van der Waals surface area contributed by atoms with Gasteiger partial charge in [-0.25, -0.2) is 9.97 Å². The molecule has 0 unspecified atom stereocenters. The van der Waals surface area contributed by atoms with Crippen LogP contribution in [0.4, 0.5) is 11.8 Å². The average molecular weight is 410 g/mol. The molecular weight excluding hydrogens is 384 g/mol. The lowest BCUT2D eigenvalue weighted by Gasteiger charge is -2.19. The Bertz CT molecular complexity index is 957. The molecule has 0 radical (unpaired) electrons. The molecule has 1 amide bonds. The number of carbonyl (C=O) groups excluding carboxylic acids is 2. The summed E-state index contributed by atoms with van der Waals surface area (Å²) in [7, 11) is 1.66. The van der Waals surface area contributed by atoms with Gasteiger partial charge in [-0.05, 0) is 38.3 Å². The van der Waals surface area contributed by atoms with Crippen molar-refractivity contribution in [2.45, 2.75) is 45.6 Å². The summed E-state index contributed by atoms with van der Waals surface area (Å²) in [4.78, 5) is 34.2. The summed E-state index contributed by atoms with van der Waals surface area (Å²) in [5, 5.41) is 12.4. The third kappa shape index (κ3) is 4.59. The van der Waals surface area contributed by atoms with E-state index < -0.39 is 18.5 Å². The summed E-state index contributed by atoms with van der Waals surface area (Å²) in [5.41, 5.74) is 2.30. The zero-order chi connectivity index (χ0) is 21.7. The van der Waals surface area contributed by atoms with Gasteiger partial charge in [-0.3, -0.25) is 9.59 Å². The Morgan fingerprint density at radius 3 is 2.60 bits per heavy atom. The summed E-state index contributed by atoms with van der Waals surface area (Å²) in [6.45, 7) is 3.33. The lowest BCUT2D eigenvalue weighted by molar-refractivity contribution is -0.145. The maximum atomic E-state index is 12.5. The Morgan fingerprint density at radius 1 is 1.30 bits per heavy atom. The van der Waals surface area contributed by atoms with Crippen LogP contribution in [-0.2, 0) is 14.3 Å². The summed E-state index contributed by atoms with van der Waals surface area (Å²) >= 11 is 0. The molecule has 2 aromatic heterocycles. The van der Waals surface area contributed by atoms with E-state index in [0.29, 0.717) is 17.3 Å². The van der Waals surface area contributed by atoms with E-state index in [1.807, 2.05) is 13.8 Å². The van der Waals surface area contributed by atoms with Gasteiger partial charge >= 0.3 is 5.97 Å². The van der Waals surface area contributed by atoms with E-state index >= 15 is 0 Å². The molecule has 2 aromatic rings. The van der Waals surface area contributed by atoms with Crippen molar-refractivity contribution in [3.63, 3.8) is 0 Å². The molecule has 0 aliphatic heterocycles. The highest BCUT2D eigenvalue weighted by Gasteiger charge is 2.27. The number of amides is 1. The minimum atomic E-state index is -0.570. The van der Waals surface area contributed by atoms with Gasteiger partial charge in [0, 0.05) is 31.2 Å². The van der Waals surface area contributed by atoms with Crippen molar-refractivity contribution >= 4 is 23.6 Å². The van der Waals surface area contributed by atoms with E-state index in [0.717, 1.165) is 36.9 Å². The van der Waals surface area contributed by atoms with Gasteiger partial charge in [0.05, 0.1) is 5.56 Å². The third-order valence-electron chi connectivity index (χ3n) is 5.44. The number of aromatic nitrogens is 3. The molecule has 2 heterocycles. The van der Waals surface area contributed by atoms with Crippen LogP contribution in [-0.4, -0.2) is 46.6 Å². The number of hydrogen-bond acceptors (Lipinski definition) is 7. The molecule has 9 heteroatoms. The van der Waals surface area contributed by atoms with Crippen LogP contribution in [0, 0.1) is 25.2 Å². The highest BCUT2D eigenvalue weighted by Crippen LogP contribution is 2.37. The maximum Gasteiger partial charge on any atom is 0.326 e. The molecule has 0 aromatic carbocycles. The molecule has 3 rings (SSSR count). The standard InChI is InChI=1S/C21H26N6O3/c1-14-15(2)27(16-7-4-5-8-16)20(17(14)11-22)25-18(28)13-30-19(29)12-26(3)21-23-9-6-10-24-21/h6,9-10,16H,4-5,7-8,12-13H2,1-3H3,(H,25,28). The van der Waals surface area contributed by atoms with Crippen LogP contribution < -0.4 is 10.2 Å². The van der Waals surface area contributed by atoms with E-state index in [1.54, 1.807) is 25.5 Å². The molecule has 0 atom stereocenters. The molecular formula is C21H26N6O3. The van der Waals surface area contributed by atoms with Gasteiger partial charge in [0.15, 0.2) is 6.61 Å². The first-order valence-corrected chi connectivity index (χ1v) is 9.97. The molecule has 158 valence electrons. The molecule has 1 fully saturated rings. The third-order valence-corrected chi connectivity index (χ3v) is 5.44. The fourth-order valence-electron chi connectivity index (χ4n) is 3.82. The first kappa shape index (κ1) is 21.3. The average Bonchev–Trinajstić information content (AvgIpc) is 3.34. The zero-order valence-corrected chi connectivity index (χ0v) is 17.5. The number of esters is 1. The first-order chi connectivity index (χ1) is 14.4. The van der Waals surface area contributed by atoms with Gasteiger partial charge in [0.2, 0.25) is 5.95 Å². The number of ether oxygens (including phenoxy) is 1. The molecule has 9 nitrogen and oxygen atoms in total. The molecule has 1 aliphatic rings. The number of hydrogen-bond donors (Lipinski definition) is 1. The number of likely N-dealkylation sites (N-methyl/N-ethyl adjacent to an activating group) is 1. The Labute approximate surface area is 175 Å². The van der Waals surface area contributed by atoms with Gasteiger partial charge in [0.1, 0.15) is 18.4 Å². The fraction of sp³-hybridized carbons (Fsp3) is 0.476. The second-order valence-corrected chi connectivity index (χ2v) is 7.47. The fourth-order valence-corrected chi connectivity index (χ4v) is 3.82. The molecule has 30 heavy (non-hydrogen) atoms. The number of nitriles is 1. The quantitative estimate of drug-likeness (QED) is 0.698. The van der Waals surface area contributed by atoms with E-state index in [1.165, 1.54) is 4.90 Å². The smallest absolute Gasteiger partial charge is 0.326 e. The van der Waals surface area contributed by atoms with Crippen molar-refractivity contribution in [2.24, 2.45) is 0 Å². The van der Waals surface area contributed by atoms with Gasteiger partial charge in [-0.2, -0.15) is 5.26 Å². The number of rotatable bonds is 7. The van der Waals surface area contributed by atoms with E-state index in [-0.39, 0.29) is 12.6 Å². The van der Waals surface area contributed by atoms with Crippen molar-refractivity contribution in [1.29, 1.82) is 5.26 Å². The van der Waals surface area contributed by atoms with Crippen LogP contribution >= 0.6 is 0 Å². The molecule has 1 aliphatic carbocycles. The van der Waals surface area contributed by atoms with Crippen molar-refractivity contribution < 1.29 is 14.3 Å². The topological polar surface area (TPSA) is 113 Å². The van der Waals surface area contributed by atoms with E-state index in [9.17, 15) is 14.9 Å². The molecule has 1 N–H and O–H groups in total. The summed E-state index contributed by atoms with van der Waals surface area (Å²) in [5.74, 6) is -0.164. The monoisotopic (exact) mass is 410 g/mol. The Morgan fingerprint density at radius 2 is 1.97 bits per heavy atom. The normalized spacial score (nSPS) is 13.7. The Hall–Kier alpha value is -3.41. The van der Waals surface area contributed by atoms with Crippen LogP contribution in [0.1, 0.15) is 48.5 Å². The number of anilines is 2. The van der Waals surface area contributed by atoms with Gasteiger partial charge in [-0.15, -0.1) is 0 Å². The minimum absolute atomic E-state index is 0.0859. The minimum Gasteiger partial charge on any atom is -0.454 e. The lowest BCUT2D eigenvalue weighted by Crippen LogP contribution is -2.31. The molecule has 0 saturated heterocycles. The van der Waals surface area contributed by atoms with Crippen LogP contribution in [0.2, 0.25) is 0 Å². The van der Waals surface area contributed by atoms with Crippen LogP contribution in [0.3, 0.4) is 0 Å². The van der Waals surface area contributed by atoms with Crippen LogP contribution in [0.5, 0.6) is 0 Å². The van der Waals surface area contributed by atoms with Gasteiger partial charge in [-0.1, -0.05) is 12.8 Å². The summed E-state index contributed by atoms with van der Waals surface area (Å²) < 4.78 is 7.16. The van der Waals surface area contributed by atoms with Crippen molar-refractivity contribution in [3.8, 4) is 6.07 Å². The number of nitrogens with one attached hydrogen (secondary N) is 1. The highest BCUT2D eigenvalue weighted by atomic mass is 16.5. The molecule has 0 bridgehead atoms.